The van der Waals surface area contributed by atoms with E-state index in [9.17, 15) is 13.9 Å². The van der Waals surface area contributed by atoms with E-state index in [2.05, 4.69) is 20.4 Å². The Balaban J connectivity index is 1.49. The number of nitrogens with two attached hydrogens (primary N) is 1. The molecule has 194 valence electrons. The molecule has 0 unspecified atom stereocenters. The second-order valence-corrected chi connectivity index (χ2v) is 10.0. The van der Waals surface area contributed by atoms with Gasteiger partial charge in [-0.25, -0.2) is 13.8 Å². The topological polar surface area (TPSA) is 122 Å². The lowest BCUT2D eigenvalue weighted by molar-refractivity contribution is -0.0463. The fraction of sp³-hybridized carbons (Fsp3) is 0.370. The molecule has 4 aromatic rings. The van der Waals surface area contributed by atoms with Gasteiger partial charge in [-0.2, -0.15) is 9.61 Å². The first-order valence-electron chi connectivity index (χ1n) is 12.3. The Morgan fingerprint density at radius 3 is 2.62 bits per heavy atom. The quantitative estimate of drug-likeness (QED) is 0.311. The van der Waals surface area contributed by atoms with E-state index in [4.69, 9.17) is 10.8 Å². The van der Waals surface area contributed by atoms with Gasteiger partial charge in [0.25, 0.3) is 0 Å². The molecule has 3 heterocycles. The number of nitrogens with one attached hydrogen (secondary N) is 1. The first-order chi connectivity index (χ1) is 17.7. The highest BCUT2D eigenvalue weighted by atomic mass is 19.1. The summed E-state index contributed by atoms with van der Waals surface area (Å²) >= 11 is 0. The van der Waals surface area contributed by atoms with Crippen LogP contribution in [0.3, 0.4) is 0 Å². The average Bonchev–Trinajstić information content (AvgIpc) is 3.25. The van der Waals surface area contributed by atoms with E-state index >= 15 is 0 Å². The molecular formula is C27H30F2N6O2. The van der Waals surface area contributed by atoms with E-state index in [1.165, 1.54) is 16.6 Å². The van der Waals surface area contributed by atoms with Gasteiger partial charge < -0.3 is 21.3 Å². The standard InChI is InChI=1S/C27H30F2N6O2/c1-15-9-17(12-24(30)27(15,2)37)19-5-7-31-14-23(19)33-26-32-13-18-3-4-22(34-35(18)26)25-20(28)10-16(6-8-36)11-21(25)29/h3-5,7,10-11,13-15,17,24,36-37H,6,8-9,12,30H2,1-2H3,(H,32,33)/t15-,17+,24+,27+/m0/s1. The van der Waals surface area contributed by atoms with Crippen LogP contribution in [0.4, 0.5) is 20.4 Å². The lowest BCUT2D eigenvalue weighted by atomic mass is 9.68. The third-order valence-electron chi connectivity index (χ3n) is 7.61. The maximum atomic E-state index is 14.8. The Bertz CT molecular complexity index is 1400. The summed E-state index contributed by atoms with van der Waals surface area (Å²) in [5.41, 5.74) is 7.98. The number of halogens is 2. The number of hydrogen-bond acceptors (Lipinski definition) is 7. The number of imidazole rings is 1. The number of hydrogen-bond donors (Lipinski definition) is 4. The first-order valence-corrected chi connectivity index (χ1v) is 12.3. The van der Waals surface area contributed by atoms with Gasteiger partial charge in [0.05, 0.1) is 40.5 Å². The molecule has 5 rings (SSSR count). The predicted molar refractivity (Wildman–Crippen MR) is 136 cm³/mol. The summed E-state index contributed by atoms with van der Waals surface area (Å²) in [6, 6.07) is 7.22. The highest BCUT2D eigenvalue weighted by Crippen LogP contribution is 2.43. The Morgan fingerprint density at radius 2 is 1.92 bits per heavy atom. The van der Waals surface area contributed by atoms with Crippen LogP contribution in [0.5, 0.6) is 0 Å². The summed E-state index contributed by atoms with van der Waals surface area (Å²) in [5.74, 6) is -1.03. The zero-order chi connectivity index (χ0) is 26.3. The maximum absolute atomic E-state index is 14.8. The molecule has 3 aromatic heterocycles. The van der Waals surface area contributed by atoms with Crippen LogP contribution in [0, 0.1) is 17.6 Å². The Morgan fingerprint density at radius 1 is 1.16 bits per heavy atom. The van der Waals surface area contributed by atoms with Crippen molar-refractivity contribution < 1.29 is 19.0 Å². The van der Waals surface area contributed by atoms with Crippen molar-refractivity contribution in [2.75, 3.05) is 11.9 Å². The molecule has 1 aliphatic carbocycles. The highest BCUT2D eigenvalue weighted by molar-refractivity contribution is 5.66. The monoisotopic (exact) mass is 508 g/mol. The normalized spacial score (nSPS) is 23.9. The number of fused-ring (bicyclic) bond motifs is 1. The number of aromatic nitrogens is 4. The van der Waals surface area contributed by atoms with Gasteiger partial charge in [-0.05, 0) is 79.5 Å². The fourth-order valence-electron chi connectivity index (χ4n) is 5.16. The largest absolute Gasteiger partial charge is 0.396 e. The number of anilines is 2. The van der Waals surface area contributed by atoms with Crippen molar-refractivity contribution in [1.29, 1.82) is 0 Å². The molecular weight excluding hydrogens is 478 g/mol. The summed E-state index contributed by atoms with van der Waals surface area (Å²) in [6.07, 6.45) is 6.56. The van der Waals surface area contributed by atoms with Crippen molar-refractivity contribution in [2.45, 2.75) is 50.7 Å². The van der Waals surface area contributed by atoms with E-state index in [-0.39, 0.29) is 42.2 Å². The second-order valence-electron chi connectivity index (χ2n) is 10.0. The lowest BCUT2D eigenvalue weighted by Crippen LogP contribution is -2.54. The minimum absolute atomic E-state index is 0.00676. The van der Waals surface area contributed by atoms with Crippen LogP contribution >= 0.6 is 0 Å². The molecule has 0 spiro atoms. The van der Waals surface area contributed by atoms with Crippen molar-refractivity contribution in [1.82, 2.24) is 19.6 Å². The van der Waals surface area contributed by atoms with E-state index in [1.807, 2.05) is 13.0 Å². The zero-order valence-corrected chi connectivity index (χ0v) is 20.7. The van der Waals surface area contributed by atoms with E-state index in [0.29, 0.717) is 23.4 Å². The number of rotatable bonds is 6. The fourth-order valence-corrected chi connectivity index (χ4v) is 5.16. The molecule has 0 saturated heterocycles. The van der Waals surface area contributed by atoms with Gasteiger partial charge in [0, 0.05) is 18.8 Å². The SMILES string of the molecule is C[C@H]1C[C@@H](c2ccncc2Nc2ncc3ccc(-c4c(F)cc(CCO)cc4F)nn23)C[C@@H](N)[C@]1(C)O. The summed E-state index contributed by atoms with van der Waals surface area (Å²) in [6.45, 7) is 3.59. The number of nitrogens with zero attached hydrogens (tertiary/aromatic N) is 4. The third-order valence-corrected chi connectivity index (χ3v) is 7.61. The summed E-state index contributed by atoms with van der Waals surface area (Å²) in [7, 11) is 0. The molecule has 1 aliphatic rings. The van der Waals surface area contributed by atoms with Crippen LogP contribution in [0.1, 0.15) is 43.7 Å². The molecule has 0 aliphatic heterocycles. The Labute approximate surface area is 213 Å². The van der Waals surface area contributed by atoms with Gasteiger partial charge in [-0.15, -0.1) is 0 Å². The van der Waals surface area contributed by atoms with E-state index in [0.717, 1.165) is 17.7 Å². The highest BCUT2D eigenvalue weighted by Gasteiger charge is 2.42. The molecule has 1 saturated carbocycles. The molecule has 8 nitrogen and oxygen atoms in total. The number of benzene rings is 1. The van der Waals surface area contributed by atoms with E-state index in [1.54, 1.807) is 37.6 Å². The average molecular weight is 509 g/mol. The number of pyridine rings is 1. The molecule has 0 bridgehead atoms. The van der Waals surface area contributed by atoms with Gasteiger partial charge >= 0.3 is 0 Å². The van der Waals surface area contributed by atoms with Crippen LogP contribution in [-0.4, -0.2) is 48.0 Å². The van der Waals surface area contributed by atoms with Crippen molar-refractivity contribution in [3.63, 3.8) is 0 Å². The Hall–Kier alpha value is -3.47. The van der Waals surface area contributed by atoms with Crippen molar-refractivity contribution in [3.8, 4) is 11.3 Å². The van der Waals surface area contributed by atoms with Gasteiger partial charge in [0.15, 0.2) is 0 Å². The van der Waals surface area contributed by atoms with Crippen molar-refractivity contribution in [3.05, 3.63) is 71.7 Å². The molecule has 5 N–H and O–H groups in total. The molecule has 37 heavy (non-hydrogen) atoms. The maximum Gasteiger partial charge on any atom is 0.229 e. The van der Waals surface area contributed by atoms with Crippen LogP contribution < -0.4 is 11.1 Å². The predicted octanol–water partition coefficient (Wildman–Crippen LogP) is 3.94. The van der Waals surface area contributed by atoms with Gasteiger partial charge in [-0.3, -0.25) is 4.98 Å². The molecule has 0 amide bonds. The van der Waals surface area contributed by atoms with Gasteiger partial charge in [0.1, 0.15) is 11.6 Å². The third kappa shape index (κ3) is 4.68. The molecule has 0 radical (unpaired) electrons. The zero-order valence-electron chi connectivity index (χ0n) is 20.7. The van der Waals surface area contributed by atoms with E-state index < -0.39 is 17.2 Å². The first kappa shape index (κ1) is 25.2. The molecule has 1 fully saturated rings. The minimum Gasteiger partial charge on any atom is -0.396 e. The molecule has 10 heteroatoms. The number of aliphatic hydroxyl groups excluding tert-OH is 1. The summed E-state index contributed by atoms with van der Waals surface area (Å²) in [4.78, 5) is 8.69. The smallest absolute Gasteiger partial charge is 0.229 e. The van der Waals surface area contributed by atoms with Crippen LogP contribution in [0.2, 0.25) is 0 Å². The molecule has 4 atom stereocenters. The minimum atomic E-state index is -0.933. The van der Waals surface area contributed by atoms with Crippen LogP contribution in [0.25, 0.3) is 16.8 Å². The second kappa shape index (κ2) is 9.77. The van der Waals surface area contributed by atoms with Crippen molar-refractivity contribution in [2.24, 2.45) is 11.7 Å². The van der Waals surface area contributed by atoms with Crippen LogP contribution in [0.15, 0.2) is 48.9 Å². The van der Waals surface area contributed by atoms with Gasteiger partial charge in [0.2, 0.25) is 5.95 Å². The molecule has 1 aromatic carbocycles. The number of aliphatic hydroxyl groups is 2. The lowest BCUT2D eigenvalue weighted by Gasteiger charge is -2.44. The summed E-state index contributed by atoms with van der Waals surface area (Å²) in [5, 5.41) is 27.6. The summed E-state index contributed by atoms with van der Waals surface area (Å²) < 4.78 is 31.2. The van der Waals surface area contributed by atoms with Gasteiger partial charge in [-0.1, -0.05) is 6.92 Å². The van der Waals surface area contributed by atoms with Crippen LogP contribution in [-0.2, 0) is 6.42 Å². The Kier molecular flexibility index (Phi) is 6.65. The van der Waals surface area contributed by atoms with Crippen molar-refractivity contribution >= 4 is 17.2 Å².